The number of likely N-dealkylation sites (tertiary alicyclic amines) is 1. The maximum Gasteiger partial charge on any atom is 0.254 e. The first kappa shape index (κ1) is 13.3. The van der Waals surface area contributed by atoms with Crippen LogP contribution < -0.4 is 10.6 Å². The molecule has 3 rings (SSSR count). The van der Waals surface area contributed by atoms with Crippen molar-refractivity contribution in [2.45, 2.75) is 31.3 Å². The maximum atomic E-state index is 14.0. The zero-order valence-corrected chi connectivity index (χ0v) is 11.5. The molecule has 5 nitrogen and oxygen atoms in total. The van der Waals surface area contributed by atoms with Gasteiger partial charge in [0.25, 0.3) is 5.91 Å². The Balaban J connectivity index is 1.64. The number of aromatic nitrogens is 1. The van der Waals surface area contributed by atoms with Crippen molar-refractivity contribution in [3.05, 3.63) is 23.6 Å². The van der Waals surface area contributed by atoms with Crippen LogP contribution in [0.15, 0.2) is 12.3 Å². The molecule has 20 heavy (non-hydrogen) atoms. The van der Waals surface area contributed by atoms with E-state index >= 15 is 0 Å². The van der Waals surface area contributed by atoms with E-state index < -0.39 is 5.82 Å². The minimum absolute atomic E-state index is 0.0502. The fourth-order valence-corrected chi connectivity index (χ4v) is 2.73. The van der Waals surface area contributed by atoms with E-state index in [0.717, 1.165) is 19.5 Å². The van der Waals surface area contributed by atoms with E-state index in [1.807, 2.05) is 0 Å². The molecule has 1 aromatic heterocycles. The highest BCUT2D eigenvalue weighted by atomic mass is 19.1. The quantitative estimate of drug-likeness (QED) is 0.870. The lowest BCUT2D eigenvalue weighted by Gasteiger charge is -2.16. The highest BCUT2D eigenvalue weighted by Crippen LogP contribution is 2.29. The number of carbonyl (C=O) groups is 1. The zero-order chi connectivity index (χ0) is 14.1. The van der Waals surface area contributed by atoms with Gasteiger partial charge in [0.15, 0.2) is 11.6 Å². The van der Waals surface area contributed by atoms with E-state index in [1.54, 1.807) is 7.05 Å². The van der Waals surface area contributed by atoms with Gasteiger partial charge in [0, 0.05) is 38.4 Å². The number of halogens is 1. The third-order valence-electron chi connectivity index (χ3n) is 3.99. The highest BCUT2D eigenvalue weighted by molar-refractivity contribution is 5.95. The average Bonchev–Trinajstić information content (AvgIpc) is 3.20. The second-order valence-electron chi connectivity index (χ2n) is 5.46. The SMILES string of the molecule is CNc1nccc(C(=O)NC2CCN(C3CC3)C2)c1F. The number of nitrogens with one attached hydrogen (secondary N) is 2. The molecule has 0 bridgehead atoms. The van der Waals surface area contributed by atoms with Gasteiger partial charge < -0.3 is 10.6 Å². The third-order valence-corrected chi connectivity index (χ3v) is 3.99. The Kier molecular flexibility index (Phi) is 3.56. The maximum absolute atomic E-state index is 14.0. The van der Waals surface area contributed by atoms with Crippen LogP contribution in [0.25, 0.3) is 0 Å². The van der Waals surface area contributed by atoms with Crippen molar-refractivity contribution in [1.82, 2.24) is 15.2 Å². The summed E-state index contributed by atoms with van der Waals surface area (Å²) in [5, 5.41) is 5.56. The summed E-state index contributed by atoms with van der Waals surface area (Å²) in [6.45, 7) is 1.90. The molecule has 0 spiro atoms. The van der Waals surface area contributed by atoms with E-state index in [4.69, 9.17) is 0 Å². The third kappa shape index (κ3) is 2.60. The van der Waals surface area contributed by atoms with Gasteiger partial charge in [-0.15, -0.1) is 0 Å². The number of nitrogens with zero attached hydrogens (tertiary/aromatic N) is 2. The molecule has 1 saturated heterocycles. The largest absolute Gasteiger partial charge is 0.371 e. The van der Waals surface area contributed by atoms with Gasteiger partial charge in [-0.3, -0.25) is 9.69 Å². The average molecular weight is 278 g/mol. The summed E-state index contributed by atoms with van der Waals surface area (Å²) in [5.41, 5.74) is 0.0502. The number of amides is 1. The van der Waals surface area contributed by atoms with E-state index in [9.17, 15) is 9.18 Å². The first-order valence-corrected chi connectivity index (χ1v) is 7.06. The molecule has 1 aliphatic carbocycles. The summed E-state index contributed by atoms with van der Waals surface area (Å²) in [5.74, 6) is -0.850. The Morgan fingerprint density at radius 1 is 1.45 bits per heavy atom. The predicted octanol–water partition coefficient (Wildman–Crippen LogP) is 1.23. The van der Waals surface area contributed by atoms with Gasteiger partial charge in [0.05, 0.1) is 5.56 Å². The van der Waals surface area contributed by atoms with Crippen LogP contribution in [0.5, 0.6) is 0 Å². The Morgan fingerprint density at radius 3 is 2.95 bits per heavy atom. The van der Waals surface area contributed by atoms with Crippen molar-refractivity contribution < 1.29 is 9.18 Å². The number of rotatable bonds is 4. The predicted molar refractivity (Wildman–Crippen MR) is 74.2 cm³/mol. The van der Waals surface area contributed by atoms with Crippen LogP contribution in [0, 0.1) is 5.82 Å². The normalized spacial score (nSPS) is 22.8. The first-order chi connectivity index (χ1) is 9.69. The van der Waals surface area contributed by atoms with E-state index in [-0.39, 0.29) is 23.3 Å². The van der Waals surface area contributed by atoms with Gasteiger partial charge in [-0.25, -0.2) is 9.37 Å². The topological polar surface area (TPSA) is 57.3 Å². The lowest BCUT2D eigenvalue weighted by molar-refractivity contribution is 0.0933. The van der Waals surface area contributed by atoms with Gasteiger partial charge in [-0.1, -0.05) is 0 Å². The second-order valence-corrected chi connectivity index (χ2v) is 5.46. The molecule has 1 aromatic rings. The Hall–Kier alpha value is -1.69. The van der Waals surface area contributed by atoms with Crippen LogP contribution in [0.3, 0.4) is 0 Å². The van der Waals surface area contributed by atoms with Crippen molar-refractivity contribution in [2.75, 3.05) is 25.5 Å². The van der Waals surface area contributed by atoms with Gasteiger partial charge in [-0.05, 0) is 25.3 Å². The van der Waals surface area contributed by atoms with E-state index in [2.05, 4.69) is 20.5 Å². The number of pyridine rings is 1. The van der Waals surface area contributed by atoms with Crippen LogP contribution in [0.1, 0.15) is 29.6 Å². The molecule has 0 aromatic carbocycles. The number of anilines is 1. The summed E-state index contributed by atoms with van der Waals surface area (Å²) < 4.78 is 14.0. The lowest BCUT2D eigenvalue weighted by atomic mass is 10.2. The monoisotopic (exact) mass is 278 g/mol. The van der Waals surface area contributed by atoms with Crippen LogP contribution >= 0.6 is 0 Å². The van der Waals surface area contributed by atoms with Gasteiger partial charge in [0.1, 0.15) is 0 Å². The summed E-state index contributed by atoms with van der Waals surface area (Å²) in [7, 11) is 1.58. The molecular formula is C14H19FN4O. The second kappa shape index (κ2) is 5.36. The fraction of sp³-hybridized carbons (Fsp3) is 0.571. The molecule has 2 N–H and O–H groups in total. The molecule has 1 unspecified atom stereocenters. The molecule has 0 radical (unpaired) electrons. The van der Waals surface area contributed by atoms with Crippen molar-refractivity contribution >= 4 is 11.7 Å². The zero-order valence-electron chi connectivity index (χ0n) is 11.5. The molecule has 1 amide bonds. The Bertz CT molecular complexity index is 518. The highest BCUT2D eigenvalue weighted by Gasteiger charge is 2.35. The van der Waals surface area contributed by atoms with Crippen molar-refractivity contribution in [3.63, 3.8) is 0 Å². The standard InChI is InChI=1S/C14H19FN4O/c1-16-13-12(15)11(4-6-17-13)14(20)18-9-5-7-19(8-9)10-2-3-10/h4,6,9-10H,2-3,5,7-8H2,1H3,(H,16,17)(H,18,20). The smallest absolute Gasteiger partial charge is 0.254 e. The Morgan fingerprint density at radius 2 is 2.25 bits per heavy atom. The fourth-order valence-electron chi connectivity index (χ4n) is 2.73. The van der Waals surface area contributed by atoms with Gasteiger partial charge >= 0.3 is 0 Å². The number of hydrogen-bond acceptors (Lipinski definition) is 4. The van der Waals surface area contributed by atoms with Crippen LogP contribution in [-0.4, -0.2) is 48.0 Å². The molecule has 6 heteroatoms. The van der Waals surface area contributed by atoms with Gasteiger partial charge in [0.2, 0.25) is 0 Å². The molecule has 2 fully saturated rings. The minimum Gasteiger partial charge on any atom is -0.371 e. The van der Waals surface area contributed by atoms with Crippen LogP contribution in [0.2, 0.25) is 0 Å². The Labute approximate surface area is 117 Å². The number of hydrogen-bond donors (Lipinski definition) is 2. The lowest BCUT2D eigenvalue weighted by Crippen LogP contribution is -2.38. The van der Waals surface area contributed by atoms with Crippen molar-refractivity contribution in [1.29, 1.82) is 0 Å². The van der Waals surface area contributed by atoms with Crippen molar-refractivity contribution in [2.24, 2.45) is 0 Å². The molecule has 1 atom stereocenters. The molecule has 1 aliphatic heterocycles. The molecule has 1 saturated carbocycles. The first-order valence-electron chi connectivity index (χ1n) is 7.06. The molecule has 2 heterocycles. The van der Waals surface area contributed by atoms with E-state index in [0.29, 0.717) is 6.04 Å². The minimum atomic E-state index is -0.593. The molecule has 108 valence electrons. The molecule has 2 aliphatic rings. The van der Waals surface area contributed by atoms with E-state index in [1.165, 1.54) is 25.1 Å². The van der Waals surface area contributed by atoms with Gasteiger partial charge in [-0.2, -0.15) is 0 Å². The van der Waals surface area contributed by atoms with Crippen LogP contribution in [-0.2, 0) is 0 Å². The van der Waals surface area contributed by atoms with Crippen molar-refractivity contribution in [3.8, 4) is 0 Å². The summed E-state index contributed by atoms with van der Waals surface area (Å²) >= 11 is 0. The summed E-state index contributed by atoms with van der Waals surface area (Å²) in [6.07, 6.45) is 4.92. The van der Waals surface area contributed by atoms with Crippen LogP contribution in [0.4, 0.5) is 10.2 Å². The number of carbonyl (C=O) groups excluding carboxylic acids is 1. The summed E-state index contributed by atoms with van der Waals surface area (Å²) in [4.78, 5) is 18.4. The summed E-state index contributed by atoms with van der Waals surface area (Å²) in [6, 6.07) is 2.25. The molecular weight excluding hydrogens is 259 g/mol.